The summed E-state index contributed by atoms with van der Waals surface area (Å²) in [5, 5.41) is 3.41. The highest BCUT2D eigenvalue weighted by Crippen LogP contribution is 2.06. The zero-order valence-electron chi connectivity index (χ0n) is 11.7. The maximum Gasteiger partial charge on any atom is 0.0723 e. The minimum Gasteiger partial charge on any atom is -0.376 e. The lowest BCUT2D eigenvalue weighted by Crippen LogP contribution is -2.37. The molecule has 0 aromatic rings. The van der Waals surface area contributed by atoms with Crippen molar-refractivity contribution in [3.05, 3.63) is 0 Å². The van der Waals surface area contributed by atoms with Crippen LogP contribution in [0.2, 0.25) is 0 Å². The predicted octanol–water partition coefficient (Wildman–Crippen LogP) is 2.45. The minimum atomic E-state index is 0.276. The molecule has 0 bridgehead atoms. The third-order valence-electron chi connectivity index (χ3n) is 2.34. The van der Waals surface area contributed by atoms with Crippen LogP contribution in [0.5, 0.6) is 0 Å². The lowest BCUT2D eigenvalue weighted by atomic mass is 10.1. The molecule has 16 heavy (non-hydrogen) atoms. The molecule has 0 rings (SSSR count). The van der Waals surface area contributed by atoms with Gasteiger partial charge in [-0.15, -0.1) is 0 Å². The Morgan fingerprint density at radius 2 is 1.44 bits per heavy atom. The number of hydrogen-bond acceptors (Lipinski definition) is 3. The summed E-state index contributed by atoms with van der Waals surface area (Å²) in [6, 6.07) is 0.511. The summed E-state index contributed by atoms with van der Waals surface area (Å²) < 4.78 is 11.3. The molecule has 1 atom stereocenters. The Hall–Kier alpha value is -0.120. The third-order valence-corrected chi connectivity index (χ3v) is 2.34. The molecule has 0 aliphatic heterocycles. The Bertz CT molecular complexity index is 158. The molecule has 0 saturated carbocycles. The van der Waals surface area contributed by atoms with Crippen molar-refractivity contribution < 1.29 is 9.47 Å². The Morgan fingerprint density at radius 3 is 1.88 bits per heavy atom. The van der Waals surface area contributed by atoms with Crippen molar-refractivity contribution in [1.82, 2.24) is 5.32 Å². The summed E-state index contributed by atoms with van der Waals surface area (Å²) in [4.78, 5) is 0. The Morgan fingerprint density at radius 1 is 0.875 bits per heavy atom. The molecule has 0 amide bonds. The second-order valence-electron chi connectivity index (χ2n) is 5.14. The maximum atomic E-state index is 5.82. The summed E-state index contributed by atoms with van der Waals surface area (Å²) >= 11 is 0. The zero-order valence-corrected chi connectivity index (χ0v) is 11.7. The Kier molecular flexibility index (Phi) is 8.90. The molecule has 0 heterocycles. The van der Waals surface area contributed by atoms with Gasteiger partial charge in [0.1, 0.15) is 0 Å². The van der Waals surface area contributed by atoms with Gasteiger partial charge in [0.05, 0.1) is 25.4 Å². The highest BCUT2D eigenvalue weighted by atomic mass is 16.5. The maximum absolute atomic E-state index is 5.82. The van der Waals surface area contributed by atoms with Crippen molar-refractivity contribution in [3.63, 3.8) is 0 Å². The average Bonchev–Trinajstić information content (AvgIpc) is 2.15. The van der Waals surface area contributed by atoms with Gasteiger partial charge < -0.3 is 14.8 Å². The number of ether oxygens (including phenoxy) is 2. The van der Waals surface area contributed by atoms with Gasteiger partial charge in [0.25, 0.3) is 0 Å². The van der Waals surface area contributed by atoms with E-state index in [9.17, 15) is 0 Å². The molecule has 3 nitrogen and oxygen atoms in total. The molecule has 1 N–H and O–H groups in total. The first kappa shape index (κ1) is 15.9. The van der Waals surface area contributed by atoms with E-state index in [0.29, 0.717) is 25.2 Å². The normalized spacial score (nSPS) is 14.1. The Balaban J connectivity index is 3.68. The number of nitrogens with one attached hydrogen (secondary N) is 1. The quantitative estimate of drug-likeness (QED) is 0.618. The molecule has 3 heteroatoms. The molecule has 0 aromatic heterocycles. The smallest absolute Gasteiger partial charge is 0.0723 e. The molecule has 1 unspecified atom stereocenters. The second-order valence-corrected chi connectivity index (χ2v) is 5.14. The summed E-state index contributed by atoms with van der Waals surface area (Å²) in [7, 11) is 0. The van der Waals surface area contributed by atoms with Crippen LogP contribution >= 0.6 is 0 Å². The summed E-state index contributed by atoms with van der Waals surface area (Å²) in [6.45, 7) is 15.0. The van der Waals surface area contributed by atoms with Crippen LogP contribution < -0.4 is 5.32 Å². The molecule has 0 aromatic carbocycles. The summed E-state index contributed by atoms with van der Waals surface area (Å²) in [6.07, 6.45) is 0.563. The summed E-state index contributed by atoms with van der Waals surface area (Å²) in [5.74, 6) is 0.533. The van der Waals surface area contributed by atoms with E-state index in [4.69, 9.17) is 9.47 Å². The summed E-state index contributed by atoms with van der Waals surface area (Å²) in [5.41, 5.74) is 0. The number of hydrogen-bond donors (Lipinski definition) is 1. The Labute approximate surface area is 101 Å². The van der Waals surface area contributed by atoms with Gasteiger partial charge in [-0.2, -0.15) is 0 Å². The molecular formula is C13H29NO2. The van der Waals surface area contributed by atoms with Gasteiger partial charge in [-0.05, 0) is 19.8 Å². The van der Waals surface area contributed by atoms with E-state index in [-0.39, 0.29) is 12.2 Å². The lowest BCUT2D eigenvalue weighted by molar-refractivity contribution is -0.0277. The first-order valence-corrected chi connectivity index (χ1v) is 6.40. The van der Waals surface area contributed by atoms with Gasteiger partial charge in [0.15, 0.2) is 0 Å². The molecule has 0 aliphatic rings. The van der Waals surface area contributed by atoms with Gasteiger partial charge in [-0.25, -0.2) is 0 Å². The van der Waals surface area contributed by atoms with Crippen molar-refractivity contribution >= 4 is 0 Å². The molecule has 0 aliphatic carbocycles. The second kappa shape index (κ2) is 8.97. The fourth-order valence-electron chi connectivity index (χ4n) is 1.32. The predicted molar refractivity (Wildman–Crippen MR) is 68.8 cm³/mol. The fourth-order valence-corrected chi connectivity index (χ4v) is 1.32. The van der Waals surface area contributed by atoms with E-state index in [0.717, 1.165) is 6.54 Å². The van der Waals surface area contributed by atoms with E-state index in [2.05, 4.69) is 33.0 Å². The first-order valence-electron chi connectivity index (χ1n) is 6.40. The van der Waals surface area contributed by atoms with Crippen LogP contribution in [0.4, 0.5) is 0 Å². The van der Waals surface area contributed by atoms with Gasteiger partial charge in [-0.1, -0.05) is 27.7 Å². The van der Waals surface area contributed by atoms with Crippen LogP contribution in [0.1, 0.15) is 41.5 Å². The van der Waals surface area contributed by atoms with Gasteiger partial charge >= 0.3 is 0 Å². The van der Waals surface area contributed by atoms with Crippen molar-refractivity contribution in [2.24, 2.45) is 5.92 Å². The van der Waals surface area contributed by atoms with Gasteiger partial charge in [0.2, 0.25) is 0 Å². The SMILES string of the molecule is CC(C)NCC(OCCOC(C)C)C(C)C. The fraction of sp³-hybridized carbons (Fsp3) is 1.00. The molecular weight excluding hydrogens is 202 g/mol. The van der Waals surface area contributed by atoms with E-state index >= 15 is 0 Å². The highest BCUT2D eigenvalue weighted by molar-refractivity contribution is 4.67. The highest BCUT2D eigenvalue weighted by Gasteiger charge is 2.13. The molecule has 0 fully saturated rings. The molecule has 98 valence electrons. The minimum absolute atomic E-state index is 0.276. The van der Waals surface area contributed by atoms with Crippen molar-refractivity contribution in [3.8, 4) is 0 Å². The largest absolute Gasteiger partial charge is 0.376 e. The molecule has 0 saturated heterocycles. The van der Waals surface area contributed by atoms with Crippen LogP contribution in [0.25, 0.3) is 0 Å². The van der Waals surface area contributed by atoms with E-state index < -0.39 is 0 Å². The third kappa shape index (κ3) is 9.13. The van der Waals surface area contributed by atoms with Crippen LogP contribution in [0, 0.1) is 5.92 Å². The van der Waals surface area contributed by atoms with Gasteiger partial charge in [-0.3, -0.25) is 0 Å². The van der Waals surface area contributed by atoms with E-state index in [1.807, 2.05) is 13.8 Å². The van der Waals surface area contributed by atoms with E-state index in [1.54, 1.807) is 0 Å². The number of rotatable bonds is 9. The zero-order chi connectivity index (χ0) is 12.6. The van der Waals surface area contributed by atoms with Crippen LogP contribution in [-0.4, -0.2) is 38.0 Å². The standard InChI is InChI=1S/C13H29NO2/c1-10(2)13(9-14-11(3)4)16-8-7-15-12(5)6/h10-14H,7-9H2,1-6H3. The van der Waals surface area contributed by atoms with Crippen molar-refractivity contribution in [1.29, 1.82) is 0 Å². The monoisotopic (exact) mass is 231 g/mol. The van der Waals surface area contributed by atoms with Crippen LogP contribution in [-0.2, 0) is 9.47 Å². The van der Waals surface area contributed by atoms with Crippen molar-refractivity contribution in [2.75, 3.05) is 19.8 Å². The van der Waals surface area contributed by atoms with Crippen LogP contribution in [0.3, 0.4) is 0 Å². The average molecular weight is 231 g/mol. The van der Waals surface area contributed by atoms with E-state index in [1.165, 1.54) is 0 Å². The molecule has 0 spiro atoms. The van der Waals surface area contributed by atoms with Gasteiger partial charge in [0, 0.05) is 12.6 Å². The topological polar surface area (TPSA) is 30.5 Å². The molecule has 0 radical (unpaired) electrons. The first-order chi connectivity index (χ1) is 7.43. The van der Waals surface area contributed by atoms with Crippen LogP contribution in [0.15, 0.2) is 0 Å². The van der Waals surface area contributed by atoms with Crippen molar-refractivity contribution in [2.45, 2.75) is 59.8 Å². The lowest BCUT2D eigenvalue weighted by Gasteiger charge is -2.23.